The average molecular weight is 255 g/mol. The van der Waals surface area contributed by atoms with Crippen LogP contribution in [-0.2, 0) is 6.54 Å². The van der Waals surface area contributed by atoms with Crippen LogP contribution in [0.2, 0.25) is 0 Å². The van der Waals surface area contributed by atoms with Crippen LogP contribution in [0.25, 0.3) is 5.52 Å². The maximum atomic E-state index is 13.4. The quantitative estimate of drug-likeness (QED) is 0.777. The molecule has 3 rings (SSSR count). The molecule has 0 amide bonds. The van der Waals surface area contributed by atoms with E-state index in [9.17, 15) is 4.39 Å². The van der Waals surface area contributed by atoms with Crippen LogP contribution in [0.4, 0.5) is 10.1 Å². The van der Waals surface area contributed by atoms with E-state index in [0.29, 0.717) is 12.1 Å². The predicted octanol–water partition coefficient (Wildman–Crippen LogP) is 3.39. The molecule has 0 unspecified atom stereocenters. The number of anilines is 1. The van der Waals surface area contributed by atoms with E-state index in [2.05, 4.69) is 10.4 Å². The Hall–Kier alpha value is -2.36. The van der Waals surface area contributed by atoms with Crippen molar-refractivity contribution in [2.45, 2.75) is 13.5 Å². The van der Waals surface area contributed by atoms with Gasteiger partial charge < -0.3 is 5.32 Å². The molecule has 3 aromatic rings. The third-order valence-corrected chi connectivity index (χ3v) is 3.24. The van der Waals surface area contributed by atoms with Crippen molar-refractivity contribution in [3.05, 3.63) is 65.7 Å². The van der Waals surface area contributed by atoms with Gasteiger partial charge in [0.05, 0.1) is 11.7 Å². The number of nitrogens with zero attached hydrogens (tertiary/aromatic N) is 2. The van der Waals surface area contributed by atoms with Crippen molar-refractivity contribution in [1.82, 2.24) is 9.61 Å². The molecular weight excluding hydrogens is 241 g/mol. The third kappa shape index (κ3) is 2.17. The van der Waals surface area contributed by atoms with Crippen molar-refractivity contribution in [1.29, 1.82) is 0 Å². The highest BCUT2D eigenvalue weighted by Gasteiger charge is 2.05. The summed E-state index contributed by atoms with van der Waals surface area (Å²) in [6, 6.07) is 11.0. The Morgan fingerprint density at radius 3 is 3.00 bits per heavy atom. The summed E-state index contributed by atoms with van der Waals surface area (Å²) in [7, 11) is 0. The molecule has 0 aliphatic rings. The summed E-state index contributed by atoms with van der Waals surface area (Å²) >= 11 is 0. The minimum absolute atomic E-state index is 0.190. The fraction of sp³-hybridized carbons (Fsp3) is 0.133. The Morgan fingerprint density at radius 2 is 2.11 bits per heavy atom. The summed E-state index contributed by atoms with van der Waals surface area (Å²) in [4.78, 5) is 0. The van der Waals surface area contributed by atoms with Gasteiger partial charge in [0.15, 0.2) is 0 Å². The summed E-state index contributed by atoms with van der Waals surface area (Å²) in [6.45, 7) is 2.39. The number of nitrogens with one attached hydrogen (secondary N) is 1. The smallest absolute Gasteiger partial charge is 0.128 e. The molecule has 4 heteroatoms. The van der Waals surface area contributed by atoms with E-state index in [0.717, 1.165) is 16.8 Å². The standard InChI is InChI=1S/C15H14FN3/c1-11-13(16)5-4-6-14(11)17-9-12-10-18-19-8-3-2-7-15(12)19/h2-8,10,17H,9H2,1H3. The Morgan fingerprint density at radius 1 is 1.21 bits per heavy atom. The van der Waals surface area contributed by atoms with Gasteiger partial charge >= 0.3 is 0 Å². The molecule has 3 nitrogen and oxygen atoms in total. The first-order valence-electron chi connectivity index (χ1n) is 6.16. The van der Waals surface area contributed by atoms with E-state index in [1.165, 1.54) is 6.07 Å². The van der Waals surface area contributed by atoms with Gasteiger partial charge in [0.1, 0.15) is 5.82 Å². The Balaban J connectivity index is 1.84. The minimum Gasteiger partial charge on any atom is -0.381 e. The predicted molar refractivity (Wildman–Crippen MR) is 73.7 cm³/mol. The van der Waals surface area contributed by atoms with Gasteiger partial charge in [-0.05, 0) is 31.2 Å². The number of hydrogen-bond acceptors (Lipinski definition) is 2. The van der Waals surface area contributed by atoms with Crippen LogP contribution in [0.15, 0.2) is 48.8 Å². The molecule has 0 aliphatic carbocycles. The zero-order valence-electron chi connectivity index (χ0n) is 10.6. The van der Waals surface area contributed by atoms with E-state index >= 15 is 0 Å². The zero-order valence-corrected chi connectivity index (χ0v) is 10.6. The molecule has 0 saturated heterocycles. The summed E-state index contributed by atoms with van der Waals surface area (Å²) < 4.78 is 15.3. The van der Waals surface area contributed by atoms with Crippen LogP contribution in [0.1, 0.15) is 11.1 Å². The molecule has 19 heavy (non-hydrogen) atoms. The lowest BCUT2D eigenvalue weighted by Crippen LogP contribution is -2.01. The van der Waals surface area contributed by atoms with Crippen LogP contribution in [0, 0.1) is 12.7 Å². The van der Waals surface area contributed by atoms with Crippen LogP contribution in [0.3, 0.4) is 0 Å². The van der Waals surface area contributed by atoms with E-state index in [-0.39, 0.29) is 5.82 Å². The Labute approximate surface area is 110 Å². The number of rotatable bonds is 3. The molecule has 96 valence electrons. The number of halogens is 1. The molecule has 0 radical (unpaired) electrons. The second kappa shape index (κ2) is 4.72. The topological polar surface area (TPSA) is 29.3 Å². The van der Waals surface area contributed by atoms with E-state index < -0.39 is 0 Å². The largest absolute Gasteiger partial charge is 0.381 e. The monoisotopic (exact) mass is 255 g/mol. The van der Waals surface area contributed by atoms with Crippen LogP contribution in [-0.4, -0.2) is 9.61 Å². The van der Waals surface area contributed by atoms with Crippen LogP contribution < -0.4 is 5.32 Å². The average Bonchev–Trinajstić information content (AvgIpc) is 2.84. The highest BCUT2D eigenvalue weighted by molar-refractivity contribution is 5.57. The summed E-state index contributed by atoms with van der Waals surface area (Å²) in [5.74, 6) is -0.190. The van der Waals surface area contributed by atoms with Gasteiger partial charge in [-0.15, -0.1) is 0 Å². The van der Waals surface area contributed by atoms with Gasteiger partial charge in [-0.25, -0.2) is 8.91 Å². The van der Waals surface area contributed by atoms with Gasteiger partial charge in [0.25, 0.3) is 0 Å². The minimum atomic E-state index is -0.190. The van der Waals surface area contributed by atoms with Crippen molar-refractivity contribution in [3.8, 4) is 0 Å². The second-order valence-electron chi connectivity index (χ2n) is 4.47. The molecular formula is C15H14FN3. The van der Waals surface area contributed by atoms with Crippen molar-refractivity contribution < 1.29 is 4.39 Å². The van der Waals surface area contributed by atoms with Gasteiger partial charge in [-0.3, -0.25) is 0 Å². The molecule has 0 bridgehead atoms. The molecule has 1 N–H and O–H groups in total. The van der Waals surface area contributed by atoms with E-state index in [1.54, 1.807) is 13.0 Å². The Kier molecular flexibility index (Phi) is 2.91. The number of aromatic nitrogens is 2. The molecule has 2 aromatic heterocycles. The van der Waals surface area contributed by atoms with Gasteiger partial charge in [0, 0.05) is 29.6 Å². The van der Waals surface area contributed by atoms with E-state index in [4.69, 9.17) is 0 Å². The van der Waals surface area contributed by atoms with Crippen molar-refractivity contribution >= 4 is 11.2 Å². The van der Waals surface area contributed by atoms with Crippen molar-refractivity contribution in [2.24, 2.45) is 0 Å². The number of hydrogen-bond donors (Lipinski definition) is 1. The fourth-order valence-electron chi connectivity index (χ4n) is 2.11. The normalized spacial score (nSPS) is 10.8. The van der Waals surface area contributed by atoms with Gasteiger partial charge in [-0.1, -0.05) is 12.1 Å². The zero-order chi connectivity index (χ0) is 13.2. The summed E-state index contributed by atoms with van der Waals surface area (Å²) in [6.07, 6.45) is 3.74. The first kappa shape index (κ1) is 11.7. The lowest BCUT2D eigenvalue weighted by Gasteiger charge is -2.09. The van der Waals surface area contributed by atoms with Gasteiger partial charge in [0.2, 0.25) is 0 Å². The first-order valence-corrected chi connectivity index (χ1v) is 6.16. The maximum Gasteiger partial charge on any atom is 0.128 e. The molecule has 2 heterocycles. The molecule has 0 saturated carbocycles. The van der Waals surface area contributed by atoms with E-state index in [1.807, 2.05) is 41.2 Å². The van der Waals surface area contributed by atoms with Crippen molar-refractivity contribution in [3.63, 3.8) is 0 Å². The summed E-state index contributed by atoms with van der Waals surface area (Å²) in [5, 5.41) is 7.53. The van der Waals surface area contributed by atoms with Crippen LogP contribution >= 0.6 is 0 Å². The SMILES string of the molecule is Cc1c(F)cccc1NCc1cnn2ccccc12. The fourth-order valence-corrected chi connectivity index (χ4v) is 2.11. The molecule has 0 fully saturated rings. The summed E-state index contributed by atoms with van der Waals surface area (Å²) in [5.41, 5.74) is 3.60. The van der Waals surface area contributed by atoms with Crippen LogP contribution in [0.5, 0.6) is 0 Å². The molecule has 0 spiro atoms. The second-order valence-corrected chi connectivity index (χ2v) is 4.47. The third-order valence-electron chi connectivity index (χ3n) is 3.24. The van der Waals surface area contributed by atoms with Crippen molar-refractivity contribution in [2.75, 3.05) is 5.32 Å². The molecule has 1 aromatic carbocycles. The lowest BCUT2D eigenvalue weighted by molar-refractivity contribution is 0.619. The lowest BCUT2D eigenvalue weighted by atomic mass is 10.2. The molecule has 0 atom stereocenters. The Bertz CT molecular complexity index is 718. The first-order chi connectivity index (χ1) is 9.25. The number of pyridine rings is 1. The number of benzene rings is 1. The highest BCUT2D eigenvalue weighted by Crippen LogP contribution is 2.19. The highest BCUT2D eigenvalue weighted by atomic mass is 19.1. The molecule has 0 aliphatic heterocycles. The van der Waals surface area contributed by atoms with Gasteiger partial charge in [-0.2, -0.15) is 5.10 Å². The number of fused-ring (bicyclic) bond motifs is 1. The maximum absolute atomic E-state index is 13.4.